The Morgan fingerprint density at radius 1 is 0.935 bits per heavy atom. The van der Waals surface area contributed by atoms with Crippen LogP contribution in [0.4, 0.5) is 11.4 Å². The molecule has 3 aromatic rings. The quantitative estimate of drug-likeness (QED) is 0.222. The SMILES string of the molecule is Cc1ccc(N2C(=O)C(=O)C(=C(O)c3ccccc3)[C@@H]2c2ccc([N+](=O)[O-])cc2)cc1. The van der Waals surface area contributed by atoms with E-state index >= 15 is 0 Å². The minimum atomic E-state index is -0.927. The molecule has 0 saturated carbocycles. The molecule has 1 aliphatic rings. The number of nitro benzene ring substituents is 1. The van der Waals surface area contributed by atoms with E-state index in [1.54, 1.807) is 42.5 Å². The molecule has 1 fully saturated rings. The van der Waals surface area contributed by atoms with Gasteiger partial charge < -0.3 is 5.11 Å². The summed E-state index contributed by atoms with van der Waals surface area (Å²) in [5, 5.41) is 22.0. The van der Waals surface area contributed by atoms with Gasteiger partial charge in [-0.25, -0.2) is 0 Å². The van der Waals surface area contributed by atoms with Gasteiger partial charge in [0.1, 0.15) is 5.76 Å². The third-order valence-corrected chi connectivity index (χ3v) is 5.22. The number of amides is 1. The maximum atomic E-state index is 13.0. The summed E-state index contributed by atoms with van der Waals surface area (Å²) in [6, 6.07) is 20.3. The van der Waals surface area contributed by atoms with Gasteiger partial charge >= 0.3 is 0 Å². The summed E-state index contributed by atoms with van der Waals surface area (Å²) in [7, 11) is 0. The lowest BCUT2D eigenvalue weighted by molar-refractivity contribution is -0.384. The molecule has 0 aliphatic carbocycles. The Morgan fingerprint density at radius 2 is 1.55 bits per heavy atom. The number of carbonyl (C=O) groups is 2. The second-order valence-electron chi connectivity index (χ2n) is 7.22. The van der Waals surface area contributed by atoms with Crippen molar-refractivity contribution in [3.8, 4) is 0 Å². The summed E-state index contributed by atoms with van der Waals surface area (Å²) in [5.74, 6) is -1.88. The Morgan fingerprint density at radius 3 is 2.13 bits per heavy atom. The standard InChI is InChI=1S/C24H18N2O5/c1-15-7-11-18(12-8-15)25-21(16-9-13-19(14-10-16)26(30)31)20(23(28)24(25)29)22(27)17-5-3-2-4-6-17/h2-14,21,27H,1H3/t21-/m0/s1. The zero-order chi connectivity index (χ0) is 22.1. The molecule has 1 saturated heterocycles. The van der Waals surface area contributed by atoms with Gasteiger partial charge in [-0.15, -0.1) is 0 Å². The molecule has 1 amide bonds. The van der Waals surface area contributed by atoms with E-state index in [1.807, 2.05) is 19.1 Å². The summed E-state index contributed by atoms with van der Waals surface area (Å²) in [4.78, 5) is 37.9. The zero-order valence-corrected chi connectivity index (χ0v) is 16.6. The number of non-ortho nitro benzene ring substituents is 1. The van der Waals surface area contributed by atoms with Crippen molar-refractivity contribution in [1.29, 1.82) is 0 Å². The van der Waals surface area contributed by atoms with Gasteiger partial charge in [-0.3, -0.25) is 24.6 Å². The van der Waals surface area contributed by atoms with Crippen LogP contribution in [0, 0.1) is 17.0 Å². The number of Topliss-reactive ketones (excluding diaryl/α,β-unsaturated/α-hetero) is 1. The van der Waals surface area contributed by atoms with Gasteiger partial charge in [0.25, 0.3) is 17.4 Å². The highest BCUT2D eigenvalue weighted by Crippen LogP contribution is 2.42. The van der Waals surface area contributed by atoms with E-state index in [1.165, 1.54) is 29.2 Å². The second-order valence-corrected chi connectivity index (χ2v) is 7.22. The van der Waals surface area contributed by atoms with Gasteiger partial charge in [-0.05, 0) is 36.8 Å². The molecule has 1 heterocycles. The minimum Gasteiger partial charge on any atom is -0.507 e. The van der Waals surface area contributed by atoms with Crippen LogP contribution in [-0.2, 0) is 9.59 Å². The van der Waals surface area contributed by atoms with E-state index in [2.05, 4.69) is 0 Å². The molecule has 7 nitrogen and oxygen atoms in total. The third-order valence-electron chi connectivity index (χ3n) is 5.22. The molecule has 1 aliphatic heterocycles. The van der Waals surface area contributed by atoms with Crippen molar-refractivity contribution >= 4 is 28.8 Å². The Hall–Kier alpha value is -4.26. The highest BCUT2D eigenvalue weighted by atomic mass is 16.6. The lowest BCUT2D eigenvalue weighted by atomic mass is 9.95. The topological polar surface area (TPSA) is 101 Å². The van der Waals surface area contributed by atoms with Gasteiger partial charge in [0.15, 0.2) is 0 Å². The molecular weight excluding hydrogens is 396 g/mol. The molecule has 0 radical (unpaired) electrons. The van der Waals surface area contributed by atoms with Gasteiger partial charge in [0.2, 0.25) is 0 Å². The molecule has 7 heteroatoms. The molecular formula is C24H18N2O5. The number of aliphatic hydroxyl groups is 1. The lowest BCUT2D eigenvalue weighted by Gasteiger charge is -2.25. The first kappa shape index (κ1) is 20.0. The number of nitrogens with zero attached hydrogens (tertiary/aromatic N) is 2. The molecule has 1 atom stereocenters. The molecule has 0 spiro atoms. The van der Waals surface area contributed by atoms with Crippen molar-refractivity contribution in [2.45, 2.75) is 13.0 Å². The first-order valence-electron chi connectivity index (χ1n) is 9.56. The number of rotatable bonds is 4. The van der Waals surface area contributed by atoms with Crippen molar-refractivity contribution in [3.05, 3.63) is 111 Å². The van der Waals surface area contributed by atoms with Crippen LogP contribution in [0.3, 0.4) is 0 Å². The minimum absolute atomic E-state index is 0.0642. The number of aryl methyl sites for hydroxylation is 1. The third kappa shape index (κ3) is 3.57. The molecule has 3 aromatic carbocycles. The number of anilines is 1. The van der Waals surface area contributed by atoms with Crippen LogP contribution < -0.4 is 4.90 Å². The molecule has 4 rings (SSSR count). The number of hydrogen-bond acceptors (Lipinski definition) is 5. The zero-order valence-electron chi connectivity index (χ0n) is 16.6. The monoisotopic (exact) mass is 414 g/mol. The Balaban J connectivity index is 1.93. The largest absolute Gasteiger partial charge is 0.507 e. The maximum Gasteiger partial charge on any atom is 0.300 e. The van der Waals surface area contributed by atoms with Gasteiger partial charge in [0.05, 0.1) is 16.5 Å². The maximum absolute atomic E-state index is 13.0. The van der Waals surface area contributed by atoms with Crippen LogP contribution in [-0.4, -0.2) is 21.7 Å². The first-order chi connectivity index (χ1) is 14.9. The van der Waals surface area contributed by atoms with Crippen LogP contribution in [0.15, 0.2) is 84.4 Å². The summed E-state index contributed by atoms with van der Waals surface area (Å²) in [5.41, 5.74) is 2.17. The van der Waals surface area contributed by atoms with Crippen molar-refractivity contribution in [2.75, 3.05) is 4.90 Å². The smallest absolute Gasteiger partial charge is 0.300 e. The van der Waals surface area contributed by atoms with Crippen molar-refractivity contribution < 1.29 is 19.6 Å². The van der Waals surface area contributed by atoms with Crippen LogP contribution in [0.2, 0.25) is 0 Å². The fourth-order valence-electron chi connectivity index (χ4n) is 3.65. The summed E-state index contributed by atoms with van der Waals surface area (Å²) in [6.45, 7) is 1.90. The van der Waals surface area contributed by atoms with Crippen LogP contribution in [0.5, 0.6) is 0 Å². The second kappa shape index (κ2) is 7.87. The fourth-order valence-corrected chi connectivity index (χ4v) is 3.65. The Kier molecular flexibility index (Phi) is 5.09. The Bertz CT molecular complexity index is 1200. The van der Waals surface area contributed by atoms with E-state index < -0.39 is 22.7 Å². The predicted molar refractivity (Wildman–Crippen MR) is 116 cm³/mol. The Labute approximate surface area is 178 Å². The van der Waals surface area contributed by atoms with Crippen LogP contribution in [0.1, 0.15) is 22.7 Å². The molecule has 31 heavy (non-hydrogen) atoms. The average molecular weight is 414 g/mol. The summed E-state index contributed by atoms with van der Waals surface area (Å²) < 4.78 is 0. The van der Waals surface area contributed by atoms with E-state index in [0.29, 0.717) is 16.8 Å². The number of nitro groups is 1. The van der Waals surface area contributed by atoms with Crippen molar-refractivity contribution in [2.24, 2.45) is 0 Å². The van der Waals surface area contributed by atoms with E-state index in [9.17, 15) is 24.8 Å². The van der Waals surface area contributed by atoms with E-state index in [0.717, 1.165) is 5.56 Å². The number of aliphatic hydroxyl groups excluding tert-OH is 1. The van der Waals surface area contributed by atoms with Gasteiger partial charge in [-0.2, -0.15) is 0 Å². The summed E-state index contributed by atoms with van der Waals surface area (Å²) >= 11 is 0. The molecule has 0 bridgehead atoms. The van der Waals surface area contributed by atoms with Crippen LogP contribution in [0.25, 0.3) is 5.76 Å². The molecule has 154 valence electrons. The van der Waals surface area contributed by atoms with E-state index in [4.69, 9.17) is 0 Å². The van der Waals surface area contributed by atoms with Crippen molar-refractivity contribution in [3.63, 3.8) is 0 Å². The molecule has 0 unspecified atom stereocenters. The number of carbonyl (C=O) groups excluding carboxylic acids is 2. The van der Waals surface area contributed by atoms with Crippen molar-refractivity contribution in [1.82, 2.24) is 0 Å². The summed E-state index contributed by atoms with van der Waals surface area (Å²) in [6.07, 6.45) is 0. The van der Waals surface area contributed by atoms with Gasteiger partial charge in [-0.1, -0.05) is 48.0 Å². The first-order valence-corrected chi connectivity index (χ1v) is 9.56. The number of ketones is 1. The van der Waals surface area contributed by atoms with Crippen LogP contribution >= 0.6 is 0 Å². The number of hydrogen-bond donors (Lipinski definition) is 1. The van der Waals surface area contributed by atoms with E-state index in [-0.39, 0.29) is 17.0 Å². The highest BCUT2D eigenvalue weighted by molar-refractivity contribution is 6.51. The number of benzene rings is 3. The lowest BCUT2D eigenvalue weighted by Crippen LogP contribution is -2.29. The molecule has 1 N–H and O–H groups in total. The van der Waals surface area contributed by atoms with Gasteiger partial charge in [0, 0.05) is 23.4 Å². The highest BCUT2D eigenvalue weighted by Gasteiger charge is 2.47. The fraction of sp³-hybridized carbons (Fsp3) is 0.0833. The normalized spacial score (nSPS) is 17.7. The molecule has 0 aromatic heterocycles. The average Bonchev–Trinajstić information content (AvgIpc) is 3.05. The predicted octanol–water partition coefficient (Wildman–Crippen LogP) is 4.53.